The normalized spacial score (nSPS) is 13.7. The third-order valence-electron chi connectivity index (χ3n) is 3.63. The molecule has 2 unspecified atom stereocenters. The Morgan fingerprint density at radius 3 is 2.57 bits per heavy atom. The number of hydrogen-bond acceptors (Lipinski definition) is 4. The first-order chi connectivity index (χ1) is 10.0. The van der Waals surface area contributed by atoms with E-state index in [1.54, 1.807) is 6.07 Å². The second kappa shape index (κ2) is 8.62. The maximum Gasteiger partial charge on any atom is 0.310 e. The van der Waals surface area contributed by atoms with Crippen molar-refractivity contribution >= 4 is 5.69 Å². The van der Waals surface area contributed by atoms with Crippen LogP contribution in [0.5, 0.6) is 5.75 Å². The first-order valence-corrected chi connectivity index (χ1v) is 7.65. The van der Waals surface area contributed by atoms with Crippen LogP contribution in [0.3, 0.4) is 0 Å². The Morgan fingerprint density at radius 1 is 1.29 bits per heavy atom. The zero-order valence-electron chi connectivity index (χ0n) is 13.4. The summed E-state index contributed by atoms with van der Waals surface area (Å²) >= 11 is 0. The molecule has 0 fully saturated rings. The van der Waals surface area contributed by atoms with Crippen LogP contribution in [-0.4, -0.2) is 24.1 Å². The summed E-state index contributed by atoms with van der Waals surface area (Å²) in [7, 11) is 0. The van der Waals surface area contributed by atoms with Gasteiger partial charge in [-0.15, -0.1) is 0 Å². The first-order valence-electron chi connectivity index (χ1n) is 7.65. The first kappa shape index (κ1) is 17.4. The SMILES string of the molecule is CCCNC(C)C(C)c1ccc([N+](=O)[O-])c(OCCC)c1. The zero-order valence-corrected chi connectivity index (χ0v) is 13.4. The maximum absolute atomic E-state index is 11.1. The molecule has 1 rings (SSSR count). The number of nitrogens with zero attached hydrogens (tertiary/aromatic N) is 1. The van der Waals surface area contributed by atoms with Gasteiger partial charge in [0.05, 0.1) is 11.5 Å². The lowest BCUT2D eigenvalue weighted by Gasteiger charge is -2.22. The average Bonchev–Trinajstić information content (AvgIpc) is 2.49. The second-order valence-corrected chi connectivity index (χ2v) is 5.36. The van der Waals surface area contributed by atoms with Gasteiger partial charge in [0.15, 0.2) is 5.75 Å². The third kappa shape index (κ3) is 5.01. The summed E-state index contributed by atoms with van der Waals surface area (Å²) in [4.78, 5) is 10.7. The fraction of sp³-hybridized carbons (Fsp3) is 0.625. The molecular weight excluding hydrogens is 268 g/mol. The average molecular weight is 294 g/mol. The molecule has 1 N–H and O–H groups in total. The molecule has 1 aromatic carbocycles. The van der Waals surface area contributed by atoms with E-state index in [2.05, 4.69) is 26.1 Å². The van der Waals surface area contributed by atoms with Crippen molar-refractivity contribution in [3.8, 4) is 5.75 Å². The summed E-state index contributed by atoms with van der Waals surface area (Å²) in [6.45, 7) is 9.83. The third-order valence-corrected chi connectivity index (χ3v) is 3.63. The van der Waals surface area contributed by atoms with Gasteiger partial charge in [0.1, 0.15) is 0 Å². The summed E-state index contributed by atoms with van der Waals surface area (Å²) in [5.41, 5.74) is 1.09. The van der Waals surface area contributed by atoms with Crippen molar-refractivity contribution in [2.24, 2.45) is 0 Å². The van der Waals surface area contributed by atoms with Gasteiger partial charge in [-0.05, 0) is 43.9 Å². The van der Waals surface area contributed by atoms with E-state index in [9.17, 15) is 10.1 Å². The van der Waals surface area contributed by atoms with Crippen molar-refractivity contribution in [3.63, 3.8) is 0 Å². The van der Waals surface area contributed by atoms with Crippen LogP contribution in [-0.2, 0) is 0 Å². The van der Waals surface area contributed by atoms with Crippen LogP contribution in [0.25, 0.3) is 0 Å². The molecule has 21 heavy (non-hydrogen) atoms. The molecule has 0 radical (unpaired) electrons. The van der Waals surface area contributed by atoms with E-state index in [1.807, 2.05) is 19.1 Å². The van der Waals surface area contributed by atoms with E-state index >= 15 is 0 Å². The maximum atomic E-state index is 11.1. The van der Waals surface area contributed by atoms with Crippen molar-refractivity contribution in [1.82, 2.24) is 5.32 Å². The van der Waals surface area contributed by atoms with Crippen molar-refractivity contribution in [1.29, 1.82) is 0 Å². The number of rotatable bonds is 9. The van der Waals surface area contributed by atoms with Crippen LogP contribution in [0.15, 0.2) is 18.2 Å². The van der Waals surface area contributed by atoms with Crippen LogP contribution in [0.2, 0.25) is 0 Å². The Kier molecular flexibility index (Phi) is 7.15. The molecule has 0 bridgehead atoms. The molecular formula is C16H26N2O3. The molecule has 0 amide bonds. The predicted octanol–water partition coefficient (Wildman–Crippen LogP) is 3.88. The molecule has 0 spiro atoms. The fourth-order valence-electron chi connectivity index (χ4n) is 2.13. The van der Waals surface area contributed by atoms with E-state index in [-0.39, 0.29) is 11.6 Å². The van der Waals surface area contributed by atoms with E-state index in [0.29, 0.717) is 18.4 Å². The molecule has 0 aromatic heterocycles. The Hall–Kier alpha value is -1.62. The highest BCUT2D eigenvalue weighted by molar-refractivity contribution is 5.49. The number of ether oxygens (including phenoxy) is 1. The minimum absolute atomic E-state index is 0.0357. The number of hydrogen-bond donors (Lipinski definition) is 1. The number of nitro groups is 1. The van der Waals surface area contributed by atoms with Gasteiger partial charge in [-0.1, -0.05) is 26.8 Å². The molecule has 5 heteroatoms. The summed E-state index contributed by atoms with van der Waals surface area (Å²) < 4.78 is 5.54. The van der Waals surface area contributed by atoms with Gasteiger partial charge >= 0.3 is 5.69 Å². The molecule has 0 aliphatic heterocycles. The van der Waals surface area contributed by atoms with Crippen LogP contribution >= 0.6 is 0 Å². The topological polar surface area (TPSA) is 64.4 Å². The number of nitrogens with one attached hydrogen (secondary N) is 1. The minimum atomic E-state index is -0.391. The highest BCUT2D eigenvalue weighted by atomic mass is 16.6. The van der Waals surface area contributed by atoms with Gasteiger partial charge in [0, 0.05) is 12.1 Å². The van der Waals surface area contributed by atoms with Crippen molar-refractivity contribution < 1.29 is 9.66 Å². The van der Waals surface area contributed by atoms with Crippen LogP contribution in [0.4, 0.5) is 5.69 Å². The van der Waals surface area contributed by atoms with Gasteiger partial charge < -0.3 is 10.1 Å². The van der Waals surface area contributed by atoms with E-state index in [1.165, 1.54) is 0 Å². The standard InChI is InChI=1S/C16H26N2O3/c1-5-9-17-13(4)12(3)14-7-8-15(18(19)20)16(11-14)21-10-6-2/h7-8,11-13,17H,5-6,9-10H2,1-4H3. The second-order valence-electron chi connectivity index (χ2n) is 5.36. The van der Waals surface area contributed by atoms with Crippen molar-refractivity contribution in [2.45, 2.75) is 52.5 Å². The van der Waals surface area contributed by atoms with Crippen LogP contribution in [0.1, 0.15) is 52.0 Å². The Balaban J connectivity index is 2.95. The van der Waals surface area contributed by atoms with Crippen LogP contribution in [0, 0.1) is 10.1 Å². The van der Waals surface area contributed by atoms with Gasteiger partial charge in [-0.25, -0.2) is 0 Å². The van der Waals surface area contributed by atoms with E-state index in [4.69, 9.17) is 4.74 Å². The fourth-order valence-corrected chi connectivity index (χ4v) is 2.13. The summed E-state index contributed by atoms with van der Waals surface area (Å²) in [5, 5.41) is 14.5. The lowest BCUT2D eigenvalue weighted by molar-refractivity contribution is -0.385. The molecule has 0 saturated heterocycles. The van der Waals surface area contributed by atoms with Gasteiger partial charge in [0.2, 0.25) is 0 Å². The quantitative estimate of drug-likeness (QED) is 0.554. The summed E-state index contributed by atoms with van der Waals surface area (Å²) in [6, 6.07) is 5.49. The lowest BCUT2D eigenvalue weighted by Crippen LogP contribution is -2.31. The number of benzene rings is 1. The lowest BCUT2D eigenvalue weighted by atomic mass is 9.94. The molecule has 0 aliphatic rings. The molecule has 5 nitrogen and oxygen atoms in total. The smallest absolute Gasteiger partial charge is 0.310 e. The molecule has 0 saturated carbocycles. The summed E-state index contributed by atoms with van der Waals surface area (Å²) in [5.74, 6) is 0.634. The monoisotopic (exact) mass is 294 g/mol. The van der Waals surface area contributed by atoms with E-state index < -0.39 is 4.92 Å². The van der Waals surface area contributed by atoms with Gasteiger partial charge in [0.25, 0.3) is 0 Å². The largest absolute Gasteiger partial charge is 0.487 e. The Labute approximate surface area is 126 Å². The Morgan fingerprint density at radius 2 is 2.00 bits per heavy atom. The van der Waals surface area contributed by atoms with Crippen molar-refractivity contribution in [3.05, 3.63) is 33.9 Å². The van der Waals surface area contributed by atoms with Gasteiger partial charge in [-0.3, -0.25) is 10.1 Å². The van der Waals surface area contributed by atoms with E-state index in [0.717, 1.165) is 24.9 Å². The molecule has 1 aromatic rings. The number of nitro benzene ring substituents is 1. The Bertz CT molecular complexity index is 463. The zero-order chi connectivity index (χ0) is 15.8. The molecule has 2 atom stereocenters. The highest BCUT2D eigenvalue weighted by Gasteiger charge is 2.20. The predicted molar refractivity (Wildman–Crippen MR) is 85.1 cm³/mol. The van der Waals surface area contributed by atoms with Gasteiger partial charge in [-0.2, -0.15) is 0 Å². The summed E-state index contributed by atoms with van der Waals surface area (Å²) in [6.07, 6.45) is 1.91. The highest BCUT2D eigenvalue weighted by Crippen LogP contribution is 2.32. The molecule has 118 valence electrons. The van der Waals surface area contributed by atoms with Crippen LogP contribution < -0.4 is 10.1 Å². The molecule has 0 aliphatic carbocycles. The van der Waals surface area contributed by atoms with Crippen molar-refractivity contribution in [2.75, 3.05) is 13.2 Å². The minimum Gasteiger partial charge on any atom is -0.487 e. The molecule has 0 heterocycles.